The van der Waals surface area contributed by atoms with Crippen molar-refractivity contribution in [3.8, 4) is 0 Å². The predicted molar refractivity (Wildman–Crippen MR) is 218 cm³/mol. The molecule has 9 amide bonds. The van der Waals surface area contributed by atoms with E-state index in [0.717, 1.165) is 0 Å². The van der Waals surface area contributed by atoms with E-state index < -0.39 is 89.4 Å². The van der Waals surface area contributed by atoms with Crippen LogP contribution in [0.15, 0.2) is 0 Å². The number of hydrogen-bond donors (Lipinski definition) is 12. The highest BCUT2D eigenvalue weighted by atomic mass is 16.3. The normalized spacial score (nSPS) is 19.2. The van der Waals surface area contributed by atoms with Gasteiger partial charge in [-0.2, -0.15) is 0 Å². The molecule has 0 aromatic rings. The average Bonchev–Trinajstić information content (AvgIpc) is 3.21. The molecule has 0 aromatic heterocycles. The zero-order valence-corrected chi connectivity index (χ0v) is 36.0. The van der Waals surface area contributed by atoms with Gasteiger partial charge in [-0.25, -0.2) is 0 Å². The van der Waals surface area contributed by atoms with Gasteiger partial charge >= 0.3 is 0 Å². The van der Waals surface area contributed by atoms with Crippen LogP contribution in [0, 0.1) is 16.2 Å². The van der Waals surface area contributed by atoms with Gasteiger partial charge in [0.05, 0.1) is 55.7 Å². The Balaban J connectivity index is 3.16. The number of carbonyl (C=O) groups is 9. The molecule has 1 saturated heterocycles. The maximum atomic E-state index is 13.3. The zero-order valence-electron chi connectivity index (χ0n) is 36.0. The van der Waals surface area contributed by atoms with E-state index in [2.05, 4.69) is 47.9 Å². The molecular weight excluding hydrogens is 786 g/mol. The summed E-state index contributed by atoms with van der Waals surface area (Å²) in [5.74, 6) is -5.48. The molecule has 0 radical (unpaired) electrons. The average molecular weight is 856 g/mol. The van der Waals surface area contributed by atoms with Crippen LogP contribution in [-0.2, 0) is 43.2 Å². The molecule has 1 aliphatic heterocycles. The molecule has 12 N–H and O–H groups in total. The molecule has 0 aliphatic carbocycles. The standard InChI is InChI=1S/C39H69N9O12/c1-37(2,22-49)34(58)40-16-10-7-13-25-31(55)43-20-29(53)47-27(15-9-12-18-42-36(60)39(5,6)24-51)33(57)45-21-30(54)48-26(32(56)44-19-28(52)46-25)14-8-11-17-41-35(59)38(3,4)23-50/h25-27,49-51H,7-24H2,1-6H3,(H,40,58)(H,41,59)(H,42,60)(H,43,55)(H,44,56)(H,45,57)(H,46,52)(H,47,53)(H,48,54)/t25-,26?,27?/m0/s1. The largest absolute Gasteiger partial charge is 0.395 e. The van der Waals surface area contributed by atoms with Crippen molar-refractivity contribution < 1.29 is 58.5 Å². The summed E-state index contributed by atoms with van der Waals surface area (Å²) >= 11 is 0. The van der Waals surface area contributed by atoms with Crippen molar-refractivity contribution in [2.24, 2.45) is 16.2 Å². The molecule has 1 heterocycles. The van der Waals surface area contributed by atoms with Crippen molar-refractivity contribution in [2.45, 2.75) is 117 Å². The fourth-order valence-corrected chi connectivity index (χ4v) is 5.37. The minimum Gasteiger partial charge on any atom is -0.395 e. The molecule has 21 nitrogen and oxygen atoms in total. The van der Waals surface area contributed by atoms with Crippen LogP contribution in [0.1, 0.15) is 99.3 Å². The molecule has 0 spiro atoms. The first-order chi connectivity index (χ1) is 28.1. The van der Waals surface area contributed by atoms with E-state index >= 15 is 0 Å². The Morgan fingerprint density at radius 2 is 0.700 bits per heavy atom. The molecule has 0 aromatic carbocycles. The van der Waals surface area contributed by atoms with E-state index in [1.165, 1.54) is 0 Å². The van der Waals surface area contributed by atoms with Gasteiger partial charge in [0, 0.05) is 19.6 Å². The highest BCUT2D eigenvalue weighted by Crippen LogP contribution is 2.15. The third kappa shape index (κ3) is 19.9. The molecule has 60 heavy (non-hydrogen) atoms. The lowest BCUT2D eigenvalue weighted by Gasteiger charge is -2.23. The van der Waals surface area contributed by atoms with Crippen LogP contribution in [0.2, 0.25) is 0 Å². The Labute approximate surface area is 351 Å². The summed E-state index contributed by atoms with van der Waals surface area (Å²) in [7, 11) is 0. The van der Waals surface area contributed by atoms with Gasteiger partial charge in [0.1, 0.15) is 18.1 Å². The van der Waals surface area contributed by atoms with Gasteiger partial charge < -0.3 is 63.2 Å². The quantitative estimate of drug-likeness (QED) is 0.0506. The van der Waals surface area contributed by atoms with E-state index in [-0.39, 0.29) is 76.4 Å². The van der Waals surface area contributed by atoms with Crippen LogP contribution in [0.25, 0.3) is 0 Å². The number of rotatable bonds is 21. The third-order valence-corrected chi connectivity index (χ3v) is 9.87. The van der Waals surface area contributed by atoms with Gasteiger partial charge in [-0.1, -0.05) is 0 Å². The maximum Gasteiger partial charge on any atom is 0.243 e. The summed E-state index contributed by atoms with van der Waals surface area (Å²) in [6, 6.07) is -3.51. The predicted octanol–water partition coefficient (Wildman–Crippen LogP) is -3.28. The summed E-state index contributed by atoms with van der Waals surface area (Å²) in [5.41, 5.74) is -2.98. The molecule has 1 fully saturated rings. The van der Waals surface area contributed by atoms with Crippen LogP contribution in [0.4, 0.5) is 0 Å². The number of carbonyl (C=O) groups excluding carboxylic acids is 9. The van der Waals surface area contributed by atoms with Crippen LogP contribution in [0.5, 0.6) is 0 Å². The smallest absolute Gasteiger partial charge is 0.243 e. The van der Waals surface area contributed by atoms with Crippen LogP contribution in [-0.4, -0.2) is 146 Å². The summed E-state index contributed by atoms with van der Waals surface area (Å²) < 4.78 is 0. The number of unbranched alkanes of at least 4 members (excludes halogenated alkanes) is 3. The SMILES string of the molecule is CC(C)(CO)C(=O)NCCCCC1NC(=O)CNC(=O)C(CCCCNC(=O)C(C)(C)CO)NC(=O)CNC(=O)[C@H](CCCCNC(=O)C(C)(C)CO)NC(=O)CNC1=O. The van der Waals surface area contributed by atoms with Gasteiger partial charge in [0.25, 0.3) is 0 Å². The van der Waals surface area contributed by atoms with Crippen LogP contribution < -0.4 is 47.9 Å². The maximum absolute atomic E-state index is 13.3. The monoisotopic (exact) mass is 856 g/mol. The second-order valence-electron chi connectivity index (χ2n) is 16.9. The van der Waals surface area contributed by atoms with E-state index in [4.69, 9.17) is 0 Å². The molecule has 0 saturated carbocycles. The van der Waals surface area contributed by atoms with Gasteiger partial charge in [-0.05, 0) is 99.3 Å². The lowest BCUT2D eigenvalue weighted by molar-refractivity contribution is -0.133. The highest BCUT2D eigenvalue weighted by molar-refractivity contribution is 5.96. The van der Waals surface area contributed by atoms with Gasteiger partial charge in [0.15, 0.2) is 0 Å². The molecule has 3 atom stereocenters. The Morgan fingerprint density at radius 3 is 0.917 bits per heavy atom. The van der Waals surface area contributed by atoms with Crippen LogP contribution >= 0.6 is 0 Å². The molecular formula is C39H69N9O12. The van der Waals surface area contributed by atoms with Crippen molar-refractivity contribution in [3.63, 3.8) is 0 Å². The Morgan fingerprint density at radius 1 is 0.467 bits per heavy atom. The van der Waals surface area contributed by atoms with Gasteiger partial charge in [-0.3, -0.25) is 43.2 Å². The highest BCUT2D eigenvalue weighted by Gasteiger charge is 2.30. The third-order valence-electron chi connectivity index (χ3n) is 9.87. The first-order valence-electron chi connectivity index (χ1n) is 20.5. The minimum absolute atomic E-state index is 0.0775. The van der Waals surface area contributed by atoms with Crippen LogP contribution in [0.3, 0.4) is 0 Å². The van der Waals surface area contributed by atoms with E-state index in [1.54, 1.807) is 41.5 Å². The molecule has 342 valence electrons. The fraction of sp³-hybridized carbons (Fsp3) is 0.769. The number of aliphatic hydroxyl groups is 3. The van der Waals surface area contributed by atoms with Crippen molar-refractivity contribution in [3.05, 3.63) is 0 Å². The molecule has 2 unspecified atom stereocenters. The molecule has 1 aliphatic rings. The van der Waals surface area contributed by atoms with E-state index in [9.17, 15) is 58.5 Å². The number of aliphatic hydroxyl groups excluding tert-OH is 3. The number of amides is 9. The minimum atomic E-state index is -1.17. The first-order valence-corrected chi connectivity index (χ1v) is 20.5. The Hall–Kier alpha value is -4.89. The van der Waals surface area contributed by atoms with Crippen molar-refractivity contribution in [1.29, 1.82) is 0 Å². The van der Waals surface area contributed by atoms with E-state index in [0.29, 0.717) is 38.5 Å². The summed E-state index contributed by atoms with van der Waals surface area (Å²) in [6.07, 6.45) is 2.43. The topological polar surface area (TPSA) is 323 Å². The summed E-state index contributed by atoms with van der Waals surface area (Å²) in [5, 5.41) is 51.5. The second-order valence-corrected chi connectivity index (χ2v) is 16.9. The van der Waals surface area contributed by atoms with E-state index in [1.807, 2.05) is 0 Å². The first kappa shape index (κ1) is 53.1. The summed E-state index contributed by atoms with van der Waals surface area (Å²) in [6.45, 7) is 7.36. The van der Waals surface area contributed by atoms with Gasteiger partial charge in [0.2, 0.25) is 53.2 Å². The Kier molecular flexibility index (Phi) is 23.3. The second kappa shape index (κ2) is 26.3. The lowest BCUT2D eigenvalue weighted by Crippen LogP contribution is -2.56. The fourth-order valence-electron chi connectivity index (χ4n) is 5.37. The number of nitrogens with one attached hydrogen (secondary N) is 9. The molecule has 0 bridgehead atoms. The van der Waals surface area contributed by atoms with Crippen molar-refractivity contribution >= 4 is 53.2 Å². The Bertz CT molecular complexity index is 1320. The van der Waals surface area contributed by atoms with Crippen molar-refractivity contribution in [2.75, 3.05) is 59.1 Å². The van der Waals surface area contributed by atoms with Crippen molar-refractivity contribution in [1.82, 2.24) is 47.9 Å². The number of hydrogen-bond acceptors (Lipinski definition) is 12. The lowest BCUT2D eigenvalue weighted by atomic mass is 9.94. The van der Waals surface area contributed by atoms with Gasteiger partial charge in [-0.15, -0.1) is 0 Å². The zero-order chi connectivity index (χ0) is 45.5. The molecule has 1 rings (SSSR count). The summed E-state index contributed by atoms with van der Waals surface area (Å²) in [4.78, 5) is 116. The molecule has 21 heteroatoms.